The minimum absolute atomic E-state index is 0.0515. The molecule has 0 aliphatic carbocycles. The molecule has 4 rings (SSSR count). The molecule has 0 aromatic heterocycles. The number of halogens is 1. The molecule has 2 aromatic rings. The molecule has 1 fully saturated rings. The largest absolute Gasteiger partial charge is 0.394 e. The van der Waals surface area contributed by atoms with Gasteiger partial charge in [-0.1, -0.05) is 30.4 Å². The normalized spacial score (nSPS) is 23.2. The fourth-order valence-corrected chi connectivity index (χ4v) is 5.34. The van der Waals surface area contributed by atoms with Crippen molar-refractivity contribution in [2.45, 2.75) is 29.6 Å². The Morgan fingerprint density at radius 3 is 2.35 bits per heavy atom. The average Bonchev–Trinajstić information content (AvgIpc) is 2.85. The molecule has 0 bridgehead atoms. The topological polar surface area (TPSA) is 99.2 Å². The average molecular weight is 490 g/mol. The van der Waals surface area contributed by atoms with Crippen LogP contribution in [0.5, 0.6) is 0 Å². The van der Waals surface area contributed by atoms with Gasteiger partial charge < -0.3 is 19.6 Å². The molecule has 0 saturated carbocycles. The number of para-hydroxylation sites is 1. The predicted molar refractivity (Wildman–Crippen MR) is 125 cm³/mol. The maximum atomic E-state index is 13.1. The van der Waals surface area contributed by atoms with Crippen molar-refractivity contribution < 1.29 is 27.4 Å². The molecule has 3 atom stereocenters. The molecule has 2 heterocycles. The lowest BCUT2D eigenvalue weighted by atomic mass is 10.1. The SMILES string of the molecule is O=C(C[C@H]1C=C[C@H](NS(=O)(=O)c2ccc(F)cc2)[C@H](CO)O1)N1CCN(c2ccccc2)CC1. The third-order valence-electron chi connectivity index (χ3n) is 6.01. The summed E-state index contributed by atoms with van der Waals surface area (Å²) >= 11 is 0. The summed E-state index contributed by atoms with van der Waals surface area (Å²) in [5, 5.41) is 9.76. The van der Waals surface area contributed by atoms with Crippen LogP contribution < -0.4 is 9.62 Å². The lowest BCUT2D eigenvalue weighted by molar-refractivity contribution is -0.135. The predicted octanol–water partition coefficient (Wildman–Crippen LogP) is 1.53. The minimum Gasteiger partial charge on any atom is -0.394 e. The highest BCUT2D eigenvalue weighted by Gasteiger charge is 2.32. The van der Waals surface area contributed by atoms with E-state index in [1.807, 2.05) is 30.3 Å². The molecule has 1 saturated heterocycles. The number of piperazine rings is 1. The molecule has 8 nitrogen and oxygen atoms in total. The summed E-state index contributed by atoms with van der Waals surface area (Å²) in [5.41, 5.74) is 1.13. The van der Waals surface area contributed by atoms with Gasteiger partial charge in [-0.05, 0) is 36.4 Å². The van der Waals surface area contributed by atoms with Gasteiger partial charge >= 0.3 is 0 Å². The van der Waals surface area contributed by atoms with Crippen LogP contribution in [0.1, 0.15) is 6.42 Å². The molecular formula is C24H28FN3O5S. The third-order valence-corrected chi connectivity index (χ3v) is 7.48. The van der Waals surface area contributed by atoms with Crippen LogP contribution in [0.3, 0.4) is 0 Å². The molecule has 2 N–H and O–H groups in total. The van der Waals surface area contributed by atoms with Crippen LogP contribution in [0.25, 0.3) is 0 Å². The number of ether oxygens (including phenoxy) is 1. The van der Waals surface area contributed by atoms with Crippen molar-refractivity contribution in [3.05, 3.63) is 72.6 Å². The van der Waals surface area contributed by atoms with Gasteiger partial charge in [0.25, 0.3) is 0 Å². The van der Waals surface area contributed by atoms with Crippen LogP contribution in [0, 0.1) is 5.82 Å². The van der Waals surface area contributed by atoms with E-state index >= 15 is 0 Å². The summed E-state index contributed by atoms with van der Waals surface area (Å²) in [4.78, 5) is 16.8. The lowest BCUT2D eigenvalue weighted by Crippen LogP contribution is -2.51. The first kappa shape index (κ1) is 24.3. The number of benzene rings is 2. The molecule has 0 unspecified atom stereocenters. The van der Waals surface area contributed by atoms with Crippen LogP contribution in [0.4, 0.5) is 10.1 Å². The van der Waals surface area contributed by atoms with Gasteiger partial charge in [-0.25, -0.2) is 17.5 Å². The number of amides is 1. The molecule has 2 aromatic carbocycles. The zero-order valence-electron chi connectivity index (χ0n) is 18.6. The second kappa shape index (κ2) is 10.6. The Morgan fingerprint density at radius 2 is 1.71 bits per heavy atom. The first-order valence-corrected chi connectivity index (χ1v) is 12.6. The Hall–Kier alpha value is -2.79. The second-order valence-electron chi connectivity index (χ2n) is 8.29. The van der Waals surface area contributed by atoms with Gasteiger partial charge in [0.15, 0.2) is 0 Å². The molecule has 0 radical (unpaired) electrons. The van der Waals surface area contributed by atoms with E-state index in [2.05, 4.69) is 9.62 Å². The Kier molecular flexibility index (Phi) is 7.62. The Labute approximate surface area is 198 Å². The maximum Gasteiger partial charge on any atom is 0.241 e. The molecule has 2 aliphatic rings. The summed E-state index contributed by atoms with van der Waals surface area (Å²) in [6.45, 7) is 2.26. The van der Waals surface area contributed by atoms with Gasteiger partial charge in [0.05, 0.1) is 30.1 Å². The van der Waals surface area contributed by atoms with E-state index in [0.29, 0.717) is 13.1 Å². The summed E-state index contributed by atoms with van der Waals surface area (Å²) in [5.74, 6) is -0.591. The fraction of sp³-hybridized carbons (Fsp3) is 0.375. The smallest absolute Gasteiger partial charge is 0.241 e. The molecular weight excluding hydrogens is 461 g/mol. The first-order valence-electron chi connectivity index (χ1n) is 11.2. The molecule has 182 valence electrons. The molecule has 2 aliphatic heterocycles. The second-order valence-corrected chi connectivity index (χ2v) is 10.0. The van der Waals surface area contributed by atoms with Gasteiger partial charge in [-0.15, -0.1) is 0 Å². The van der Waals surface area contributed by atoms with Gasteiger partial charge in [0.2, 0.25) is 15.9 Å². The summed E-state index contributed by atoms with van der Waals surface area (Å²) in [7, 11) is -3.94. The van der Waals surface area contributed by atoms with E-state index < -0.39 is 40.7 Å². The van der Waals surface area contributed by atoms with Crippen LogP contribution in [0.15, 0.2) is 71.6 Å². The van der Waals surface area contributed by atoms with Gasteiger partial charge in [-0.2, -0.15) is 0 Å². The fourth-order valence-electron chi connectivity index (χ4n) is 4.13. The standard InChI is InChI=1S/C24H28FN3O5S/c25-18-6-9-21(10-7-18)34(31,32)26-22-11-8-20(33-23(22)17-29)16-24(30)28-14-12-27(13-15-28)19-4-2-1-3-5-19/h1-11,20,22-23,26,29H,12-17H2/t20-,22+,23+/m1/s1. The molecule has 1 amide bonds. The number of hydrogen-bond acceptors (Lipinski definition) is 6. The summed E-state index contributed by atoms with van der Waals surface area (Å²) in [6, 6.07) is 13.7. The molecule has 0 spiro atoms. The highest BCUT2D eigenvalue weighted by atomic mass is 32.2. The quantitative estimate of drug-likeness (QED) is 0.573. The molecule has 10 heteroatoms. The van der Waals surface area contributed by atoms with Crippen LogP contribution >= 0.6 is 0 Å². The lowest BCUT2D eigenvalue weighted by Gasteiger charge is -2.37. The molecule has 34 heavy (non-hydrogen) atoms. The van der Waals surface area contributed by atoms with Crippen molar-refractivity contribution in [1.29, 1.82) is 0 Å². The van der Waals surface area contributed by atoms with Gasteiger partial charge in [0.1, 0.15) is 11.9 Å². The van der Waals surface area contributed by atoms with Crippen molar-refractivity contribution in [3.63, 3.8) is 0 Å². The van der Waals surface area contributed by atoms with Gasteiger partial charge in [0, 0.05) is 31.9 Å². The monoisotopic (exact) mass is 489 g/mol. The van der Waals surface area contributed by atoms with E-state index in [4.69, 9.17) is 4.74 Å². The van der Waals surface area contributed by atoms with E-state index in [1.165, 1.54) is 0 Å². The number of aliphatic hydroxyl groups is 1. The third kappa shape index (κ3) is 5.82. The number of hydrogen-bond donors (Lipinski definition) is 2. The number of anilines is 1. The number of sulfonamides is 1. The summed E-state index contributed by atoms with van der Waals surface area (Å²) < 4.78 is 46.6. The number of aliphatic hydroxyl groups excluding tert-OH is 1. The highest BCUT2D eigenvalue weighted by molar-refractivity contribution is 7.89. The minimum atomic E-state index is -3.94. The summed E-state index contributed by atoms with van der Waals surface area (Å²) in [6.07, 6.45) is 1.92. The zero-order valence-corrected chi connectivity index (χ0v) is 19.4. The van der Waals surface area contributed by atoms with Crippen molar-refractivity contribution in [1.82, 2.24) is 9.62 Å². The van der Waals surface area contributed by atoms with Crippen LogP contribution in [-0.4, -0.2) is 75.4 Å². The number of rotatable bonds is 7. The van der Waals surface area contributed by atoms with E-state index in [9.17, 15) is 22.7 Å². The van der Waals surface area contributed by atoms with Crippen molar-refractivity contribution >= 4 is 21.6 Å². The van der Waals surface area contributed by atoms with E-state index in [0.717, 1.165) is 43.0 Å². The van der Waals surface area contributed by atoms with Crippen LogP contribution in [0.2, 0.25) is 0 Å². The van der Waals surface area contributed by atoms with Gasteiger partial charge in [-0.3, -0.25) is 4.79 Å². The number of nitrogens with one attached hydrogen (secondary N) is 1. The van der Waals surface area contributed by atoms with Crippen molar-refractivity contribution in [3.8, 4) is 0 Å². The zero-order chi connectivity index (χ0) is 24.1. The van der Waals surface area contributed by atoms with Crippen molar-refractivity contribution in [2.75, 3.05) is 37.7 Å². The van der Waals surface area contributed by atoms with Crippen molar-refractivity contribution in [2.24, 2.45) is 0 Å². The Morgan fingerprint density at radius 1 is 1.03 bits per heavy atom. The number of carbonyl (C=O) groups is 1. The highest BCUT2D eigenvalue weighted by Crippen LogP contribution is 2.21. The first-order chi connectivity index (χ1) is 16.4. The Balaban J connectivity index is 1.32. The van der Waals surface area contributed by atoms with E-state index in [-0.39, 0.29) is 17.2 Å². The Bertz CT molecular complexity index is 1100. The van der Waals surface area contributed by atoms with E-state index in [1.54, 1.807) is 17.1 Å². The number of nitrogens with zero attached hydrogens (tertiary/aromatic N) is 2. The number of carbonyl (C=O) groups excluding carboxylic acids is 1. The maximum absolute atomic E-state index is 13.1. The van der Waals surface area contributed by atoms with Crippen LogP contribution in [-0.2, 0) is 19.6 Å².